The van der Waals surface area contributed by atoms with Crippen molar-refractivity contribution in [3.63, 3.8) is 0 Å². The van der Waals surface area contributed by atoms with Crippen molar-refractivity contribution in [2.24, 2.45) is 0 Å². The molecular formula is C5H11NOS. The Balaban J connectivity index is 2.30. The molecule has 1 atom stereocenters. The molecule has 1 saturated heterocycles. The summed E-state index contributed by atoms with van der Waals surface area (Å²) in [6, 6.07) is 0.602. The first-order valence-corrected chi connectivity index (χ1v) is 3.91. The van der Waals surface area contributed by atoms with E-state index in [1.54, 1.807) is 11.9 Å². The van der Waals surface area contributed by atoms with Gasteiger partial charge in [0.05, 0.1) is 6.61 Å². The lowest BCUT2D eigenvalue weighted by Gasteiger charge is -2.12. The molecule has 1 aliphatic heterocycles. The first-order valence-electron chi connectivity index (χ1n) is 2.73. The lowest BCUT2D eigenvalue weighted by molar-refractivity contribution is 0.175. The second kappa shape index (κ2) is 2.71. The third kappa shape index (κ3) is 1.16. The fraction of sp³-hybridized carbons (Fsp3) is 1.00. The molecule has 48 valence electrons. The molecule has 0 aromatic rings. The van der Waals surface area contributed by atoms with Crippen molar-refractivity contribution in [1.82, 2.24) is 4.31 Å². The van der Waals surface area contributed by atoms with Gasteiger partial charge in [-0.15, -0.1) is 0 Å². The van der Waals surface area contributed by atoms with Crippen LogP contribution in [-0.2, 0) is 4.74 Å². The quantitative estimate of drug-likeness (QED) is 0.494. The predicted molar refractivity (Wildman–Crippen MR) is 35.6 cm³/mol. The first-order chi connectivity index (χ1) is 3.84. The van der Waals surface area contributed by atoms with Crippen LogP contribution in [0.5, 0.6) is 0 Å². The van der Waals surface area contributed by atoms with Crippen molar-refractivity contribution in [2.75, 3.05) is 19.6 Å². The summed E-state index contributed by atoms with van der Waals surface area (Å²) in [6.07, 6.45) is 2.07. The molecule has 0 aliphatic carbocycles. The van der Waals surface area contributed by atoms with E-state index >= 15 is 0 Å². The summed E-state index contributed by atoms with van der Waals surface area (Å²) in [5.41, 5.74) is 0. The second-order valence-electron chi connectivity index (χ2n) is 1.95. The molecule has 0 aromatic carbocycles. The van der Waals surface area contributed by atoms with Crippen LogP contribution in [0.1, 0.15) is 6.92 Å². The van der Waals surface area contributed by atoms with Gasteiger partial charge in [0.15, 0.2) is 0 Å². The molecule has 0 amide bonds. The molecule has 3 heteroatoms. The third-order valence-electron chi connectivity index (χ3n) is 1.30. The molecule has 0 N–H and O–H groups in total. The molecular weight excluding hydrogens is 122 g/mol. The van der Waals surface area contributed by atoms with E-state index < -0.39 is 0 Å². The van der Waals surface area contributed by atoms with E-state index in [1.807, 2.05) is 0 Å². The molecule has 0 radical (unpaired) electrons. The van der Waals surface area contributed by atoms with Crippen LogP contribution < -0.4 is 0 Å². The van der Waals surface area contributed by atoms with Crippen LogP contribution in [0.2, 0.25) is 0 Å². The van der Waals surface area contributed by atoms with Gasteiger partial charge in [-0.1, -0.05) is 11.9 Å². The average molecular weight is 133 g/mol. The van der Waals surface area contributed by atoms with Crippen LogP contribution in [0.25, 0.3) is 0 Å². The zero-order valence-corrected chi connectivity index (χ0v) is 6.07. The second-order valence-corrected chi connectivity index (χ2v) is 2.78. The normalized spacial score (nSPS) is 31.5. The third-order valence-corrected chi connectivity index (χ3v) is 2.24. The molecule has 0 bridgehead atoms. The minimum Gasteiger partial charge on any atom is -0.364 e. The van der Waals surface area contributed by atoms with Gasteiger partial charge in [0.1, 0.15) is 6.73 Å². The number of hydrogen-bond donors (Lipinski definition) is 0. The van der Waals surface area contributed by atoms with Gasteiger partial charge < -0.3 is 4.74 Å². The SMILES string of the molecule is CSN1COCC1C. The summed E-state index contributed by atoms with van der Waals surface area (Å²) < 4.78 is 7.39. The smallest absolute Gasteiger partial charge is 0.108 e. The molecule has 2 nitrogen and oxygen atoms in total. The zero-order valence-electron chi connectivity index (χ0n) is 5.26. The topological polar surface area (TPSA) is 12.5 Å². The van der Waals surface area contributed by atoms with Crippen LogP contribution in [0.15, 0.2) is 0 Å². The summed E-state index contributed by atoms with van der Waals surface area (Å²) in [7, 11) is 0. The van der Waals surface area contributed by atoms with Gasteiger partial charge in [-0.25, -0.2) is 4.31 Å². The molecule has 0 aromatic heterocycles. The van der Waals surface area contributed by atoms with Crippen LogP contribution in [-0.4, -0.2) is 29.9 Å². The average Bonchev–Trinajstić information content (AvgIpc) is 2.14. The monoisotopic (exact) mass is 133 g/mol. The van der Waals surface area contributed by atoms with Crippen molar-refractivity contribution >= 4 is 11.9 Å². The van der Waals surface area contributed by atoms with E-state index in [1.165, 1.54) is 0 Å². The van der Waals surface area contributed by atoms with Gasteiger partial charge >= 0.3 is 0 Å². The molecule has 1 aliphatic rings. The Kier molecular flexibility index (Phi) is 2.16. The Morgan fingerprint density at radius 2 is 2.50 bits per heavy atom. The van der Waals surface area contributed by atoms with Crippen LogP contribution in [0, 0.1) is 0 Å². The Morgan fingerprint density at radius 1 is 1.75 bits per heavy atom. The molecule has 0 saturated carbocycles. The maximum absolute atomic E-state index is 5.17. The lowest BCUT2D eigenvalue weighted by atomic mass is 10.4. The van der Waals surface area contributed by atoms with E-state index in [0.717, 1.165) is 13.3 Å². The number of hydrogen-bond acceptors (Lipinski definition) is 3. The highest BCUT2D eigenvalue weighted by molar-refractivity contribution is 7.96. The van der Waals surface area contributed by atoms with Gasteiger partial charge in [0.25, 0.3) is 0 Å². The van der Waals surface area contributed by atoms with Crippen LogP contribution >= 0.6 is 11.9 Å². The largest absolute Gasteiger partial charge is 0.364 e. The molecule has 1 heterocycles. The Morgan fingerprint density at radius 3 is 2.75 bits per heavy atom. The minimum atomic E-state index is 0.602. The lowest BCUT2D eigenvalue weighted by Crippen LogP contribution is -2.19. The number of rotatable bonds is 1. The summed E-state index contributed by atoms with van der Waals surface area (Å²) in [5.74, 6) is 0. The Bertz CT molecular complexity index is 78.8. The molecule has 1 rings (SSSR count). The summed E-state index contributed by atoms with van der Waals surface area (Å²) >= 11 is 1.75. The standard InChI is InChI=1S/C5H11NOS/c1-5-3-7-4-6(5)8-2/h5H,3-4H2,1-2H3. The highest BCUT2D eigenvalue weighted by Crippen LogP contribution is 2.15. The molecule has 0 spiro atoms. The predicted octanol–water partition coefficient (Wildman–Crippen LogP) is 0.943. The van der Waals surface area contributed by atoms with E-state index in [9.17, 15) is 0 Å². The van der Waals surface area contributed by atoms with Crippen molar-refractivity contribution < 1.29 is 4.74 Å². The fourth-order valence-electron chi connectivity index (χ4n) is 0.756. The Hall–Kier alpha value is 0.270. The maximum atomic E-state index is 5.17. The summed E-state index contributed by atoms with van der Waals surface area (Å²) in [5, 5.41) is 0. The van der Waals surface area contributed by atoms with Gasteiger partial charge in [0, 0.05) is 6.04 Å². The van der Waals surface area contributed by atoms with Gasteiger partial charge in [-0.05, 0) is 13.2 Å². The number of nitrogens with zero attached hydrogens (tertiary/aromatic N) is 1. The fourth-order valence-corrected chi connectivity index (χ4v) is 1.36. The van der Waals surface area contributed by atoms with Crippen molar-refractivity contribution in [2.45, 2.75) is 13.0 Å². The molecule has 1 fully saturated rings. The molecule has 8 heavy (non-hydrogen) atoms. The van der Waals surface area contributed by atoms with Crippen LogP contribution in [0.4, 0.5) is 0 Å². The molecule has 1 unspecified atom stereocenters. The highest BCUT2D eigenvalue weighted by atomic mass is 32.2. The maximum Gasteiger partial charge on any atom is 0.108 e. The van der Waals surface area contributed by atoms with E-state index in [4.69, 9.17) is 4.74 Å². The zero-order chi connectivity index (χ0) is 5.98. The summed E-state index contributed by atoms with van der Waals surface area (Å²) in [6.45, 7) is 3.85. The van der Waals surface area contributed by atoms with Crippen molar-refractivity contribution in [1.29, 1.82) is 0 Å². The van der Waals surface area contributed by atoms with Crippen molar-refractivity contribution in [3.05, 3.63) is 0 Å². The van der Waals surface area contributed by atoms with Gasteiger partial charge in [0.2, 0.25) is 0 Å². The van der Waals surface area contributed by atoms with Gasteiger partial charge in [-0.2, -0.15) is 0 Å². The van der Waals surface area contributed by atoms with Crippen LogP contribution in [0.3, 0.4) is 0 Å². The van der Waals surface area contributed by atoms with E-state index in [-0.39, 0.29) is 0 Å². The minimum absolute atomic E-state index is 0.602. The van der Waals surface area contributed by atoms with Gasteiger partial charge in [-0.3, -0.25) is 0 Å². The van der Waals surface area contributed by atoms with E-state index in [2.05, 4.69) is 17.5 Å². The van der Waals surface area contributed by atoms with E-state index in [0.29, 0.717) is 6.04 Å². The first kappa shape index (κ1) is 6.39. The number of ether oxygens (including phenoxy) is 1. The highest BCUT2D eigenvalue weighted by Gasteiger charge is 2.18. The van der Waals surface area contributed by atoms with Crippen molar-refractivity contribution in [3.8, 4) is 0 Å². The Labute approximate surface area is 54.3 Å². The summed E-state index contributed by atoms with van der Waals surface area (Å²) in [4.78, 5) is 0.